The Hall–Kier alpha value is -2.17. The maximum atomic E-state index is 11.4. The van der Waals surface area contributed by atoms with Crippen molar-refractivity contribution < 1.29 is 19.1 Å². The molecular weight excluding hydrogens is 234 g/mol. The lowest BCUT2D eigenvalue weighted by Crippen LogP contribution is -2.14. The second-order valence-electron chi connectivity index (χ2n) is 3.72. The Bertz CT molecular complexity index is 451. The first kappa shape index (κ1) is 13.9. The van der Waals surface area contributed by atoms with Crippen LogP contribution >= 0.6 is 0 Å². The molecule has 0 heterocycles. The molecule has 96 valence electrons. The molecule has 0 radical (unpaired) electrons. The van der Waals surface area contributed by atoms with Crippen molar-refractivity contribution in [2.45, 2.75) is 20.3 Å². The van der Waals surface area contributed by atoms with Gasteiger partial charge in [0.2, 0.25) is 5.91 Å². The highest BCUT2D eigenvalue weighted by atomic mass is 16.5. The molecule has 0 spiro atoms. The molecule has 5 nitrogen and oxygen atoms in total. The van der Waals surface area contributed by atoms with E-state index in [-0.39, 0.29) is 18.1 Å². The van der Waals surface area contributed by atoms with Gasteiger partial charge in [-0.1, -0.05) is 0 Å². The summed E-state index contributed by atoms with van der Waals surface area (Å²) in [5, 5.41) is 2.56. The molecule has 0 saturated carbocycles. The van der Waals surface area contributed by atoms with Gasteiger partial charge in [-0.3, -0.25) is 9.59 Å². The SMILES string of the molecule is CCOC(=O)c1ccc(NC(=O)CC(C)=O)cc1. The average molecular weight is 249 g/mol. The molecule has 1 rings (SSSR count). The highest BCUT2D eigenvalue weighted by Gasteiger charge is 2.08. The number of carbonyl (C=O) groups is 3. The van der Waals surface area contributed by atoms with Crippen molar-refractivity contribution in [3.8, 4) is 0 Å². The van der Waals surface area contributed by atoms with Crippen LogP contribution in [0.2, 0.25) is 0 Å². The van der Waals surface area contributed by atoms with E-state index < -0.39 is 5.97 Å². The first-order chi connectivity index (χ1) is 8.52. The highest BCUT2D eigenvalue weighted by molar-refractivity contribution is 6.03. The Balaban J connectivity index is 2.63. The fourth-order valence-corrected chi connectivity index (χ4v) is 1.34. The number of nitrogens with one attached hydrogen (secondary N) is 1. The molecule has 0 bridgehead atoms. The van der Waals surface area contributed by atoms with Crippen molar-refractivity contribution in [1.82, 2.24) is 0 Å². The van der Waals surface area contributed by atoms with E-state index >= 15 is 0 Å². The van der Waals surface area contributed by atoms with Crippen LogP contribution in [0.25, 0.3) is 0 Å². The van der Waals surface area contributed by atoms with E-state index in [1.807, 2.05) is 0 Å². The van der Waals surface area contributed by atoms with Crippen LogP contribution in [0.5, 0.6) is 0 Å². The van der Waals surface area contributed by atoms with Gasteiger partial charge in [0, 0.05) is 5.69 Å². The maximum absolute atomic E-state index is 11.4. The number of hydrogen-bond acceptors (Lipinski definition) is 4. The molecule has 0 aliphatic rings. The van der Waals surface area contributed by atoms with Crippen molar-refractivity contribution in [3.63, 3.8) is 0 Å². The number of hydrogen-bond donors (Lipinski definition) is 1. The maximum Gasteiger partial charge on any atom is 0.338 e. The molecule has 18 heavy (non-hydrogen) atoms. The normalized spacial score (nSPS) is 9.67. The van der Waals surface area contributed by atoms with Gasteiger partial charge < -0.3 is 10.1 Å². The summed E-state index contributed by atoms with van der Waals surface area (Å²) in [5.41, 5.74) is 0.954. The Labute approximate surface area is 105 Å². The van der Waals surface area contributed by atoms with E-state index in [4.69, 9.17) is 4.74 Å². The Kier molecular flexibility index (Phi) is 5.05. The van der Waals surface area contributed by atoms with Crippen LogP contribution in [0.3, 0.4) is 0 Å². The highest BCUT2D eigenvalue weighted by Crippen LogP contribution is 2.11. The van der Waals surface area contributed by atoms with Crippen LogP contribution in [0.4, 0.5) is 5.69 Å². The zero-order chi connectivity index (χ0) is 13.5. The number of benzene rings is 1. The fourth-order valence-electron chi connectivity index (χ4n) is 1.34. The van der Waals surface area contributed by atoms with E-state index in [0.717, 1.165) is 0 Å². The molecule has 0 unspecified atom stereocenters. The minimum Gasteiger partial charge on any atom is -0.462 e. The summed E-state index contributed by atoms with van der Waals surface area (Å²) >= 11 is 0. The van der Waals surface area contributed by atoms with Gasteiger partial charge in [-0.05, 0) is 38.1 Å². The minimum absolute atomic E-state index is 0.153. The van der Waals surface area contributed by atoms with E-state index in [2.05, 4.69) is 5.32 Å². The number of anilines is 1. The molecule has 0 fully saturated rings. The van der Waals surface area contributed by atoms with Crippen LogP contribution in [0, 0.1) is 0 Å². The van der Waals surface area contributed by atoms with E-state index in [1.54, 1.807) is 31.2 Å². The number of Topliss-reactive ketones (excluding diaryl/α,β-unsaturated/α-hetero) is 1. The van der Waals surface area contributed by atoms with Crippen LogP contribution in [0.1, 0.15) is 30.6 Å². The van der Waals surface area contributed by atoms with Gasteiger partial charge in [-0.25, -0.2) is 4.79 Å². The topological polar surface area (TPSA) is 72.5 Å². The molecule has 0 atom stereocenters. The Morgan fingerprint density at radius 1 is 1.17 bits per heavy atom. The predicted octanol–water partition coefficient (Wildman–Crippen LogP) is 1.78. The number of amides is 1. The summed E-state index contributed by atoms with van der Waals surface area (Å²) in [6, 6.07) is 6.29. The molecule has 0 aliphatic heterocycles. The van der Waals surface area contributed by atoms with Gasteiger partial charge in [-0.15, -0.1) is 0 Å². The largest absolute Gasteiger partial charge is 0.462 e. The number of rotatable bonds is 5. The zero-order valence-corrected chi connectivity index (χ0v) is 10.4. The third-order valence-corrected chi connectivity index (χ3v) is 2.09. The first-order valence-electron chi connectivity index (χ1n) is 5.59. The van der Waals surface area contributed by atoms with Gasteiger partial charge in [0.05, 0.1) is 18.6 Å². The monoisotopic (exact) mass is 249 g/mol. The standard InChI is InChI=1S/C13H15NO4/c1-3-18-13(17)10-4-6-11(7-5-10)14-12(16)8-9(2)15/h4-7H,3,8H2,1-2H3,(H,14,16). The quantitative estimate of drug-likeness (QED) is 0.637. The van der Waals surface area contributed by atoms with E-state index in [0.29, 0.717) is 17.9 Å². The van der Waals surface area contributed by atoms with E-state index in [1.165, 1.54) is 6.92 Å². The summed E-state index contributed by atoms with van der Waals surface area (Å²) in [7, 11) is 0. The molecule has 0 saturated heterocycles. The molecule has 0 aliphatic carbocycles. The third kappa shape index (κ3) is 4.37. The van der Waals surface area contributed by atoms with Gasteiger partial charge in [0.1, 0.15) is 5.78 Å². The minimum atomic E-state index is -0.404. The predicted molar refractivity (Wildman–Crippen MR) is 66.3 cm³/mol. The fraction of sp³-hybridized carbons (Fsp3) is 0.308. The van der Waals surface area contributed by atoms with Gasteiger partial charge in [0.25, 0.3) is 0 Å². The zero-order valence-electron chi connectivity index (χ0n) is 10.4. The summed E-state index contributed by atoms with van der Waals surface area (Å²) < 4.78 is 4.83. The smallest absolute Gasteiger partial charge is 0.338 e. The summed E-state index contributed by atoms with van der Waals surface area (Å²) in [6.45, 7) is 3.40. The number of esters is 1. The molecule has 1 amide bonds. The molecule has 0 aromatic heterocycles. The molecule has 1 aromatic carbocycles. The molecule has 1 aromatic rings. The van der Waals surface area contributed by atoms with Crippen LogP contribution in [-0.2, 0) is 14.3 Å². The molecular formula is C13H15NO4. The van der Waals surface area contributed by atoms with Crippen molar-refractivity contribution in [2.24, 2.45) is 0 Å². The van der Waals surface area contributed by atoms with Crippen LogP contribution in [-0.4, -0.2) is 24.3 Å². The van der Waals surface area contributed by atoms with Crippen molar-refractivity contribution in [3.05, 3.63) is 29.8 Å². The number of ether oxygens (including phenoxy) is 1. The number of ketones is 1. The summed E-state index contributed by atoms with van der Waals surface area (Å²) in [6.07, 6.45) is -0.153. The van der Waals surface area contributed by atoms with Gasteiger partial charge >= 0.3 is 5.97 Å². The van der Waals surface area contributed by atoms with Crippen molar-refractivity contribution >= 4 is 23.3 Å². The third-order valence-electron chi connectivity index (χ3n) is 2.09. The lowest BCUT2D eigenvalue weighted by atomic mass is 10.2. The van der Waals surface area contributed by atoms with Crippen molar-refractivity contribution in [2.75, 3.05) is 11.9 Å². The van der Waals surface area contributed by atoms with Crippen LogP contribution < -0.4 is 5.32 Å². The van der Waals surface area contributed by atoms with E-state index in [9.17, 15) is 14.4 Å². The Morgan fingerprint density at radius 3 is 2.28 bits per heavy atom. The average Bonchev–Trinajstić information content (AvgIpc) is 2.29. The van der Waals surface area contributed by atoms with Gasteiger partial charge in [-0.2, -0.15) is 0 Å². The van der Waals surface area contributed by atoms with Crippen molar-refractivity contribution in [1.29, 1.82) is 0 Å². The lowest BCUT2D eigenvalue weighted by molar-refractivity contribution is -0.124. The molecule has 5 heteroatoms. The number of carbonyl (C=O) groups excluding carboxylic acids is 3. The summed E-state index contributed by atoms with van der Waals surface area (Å²) in [5.74, 6) is -0.971. The summed E-state index contributed by atoms with van der Waals surface area (Å²) in [4.78, 5) is 33.4. The second kappa shape index (κ2) is 6.54. The van der Waals surface area contributed by atoms with Crippen LogP contribution in [0.15, 0.2) is 24.3 Å². The first-order valence-corrected chi connectivity index (χ1v) is 5.59. The lowest BCUT2D eigenvalue weighted by Gasteiger charge is -2.05. The second-order valence-corrected chi connectivity index (χ2v) is 3.72. The van der Waals surface area contributed by atoms with Gasteiger partial charge in [0.15, 0.2) is 0 Å². The Morgan fingerprint density at radius 2 is 1.78 bits per heavy atom. The molecule has 1 N–H and O–H groups in total.